The molecule has 1 saturated heterocycles. The van der Waals surface area contributed by atoms with Crippen molar-refractivity contribution in [2.24, 2.45) is 17.8 Å². The second kappa shape index (κ2) is 17.0. The van der Waals surface area contributed by atoms with Gasteiger partial charge >= 0.3 is 0 Å². The maximum absolute atomic E-state index is 6.93. The molecular weight excluding hydrogens is 626 g/mol. The van der Waals surface area contributed by atoms with E-state index in [1.165, 1.54) is 85.6 Å². The summed E-state index contributed by atoms with van der Waals surface area (Å²) in [4.78, 5) is 2.55. The lowest BCUT2D eigenvalue weighted by Gasteiger charge is -2.33. The molecule has 3 aliphatic rings. The summed E-state index contributed by atoms with van der Waals surface area (Å²) in [5, 5.41) is 0.659. The first-order valence-electron chi connectivity index (χ1n) is 19.5. The van der Waals surface area contributed by atoms with Gasteiger partial charge in [0.05, 0.1) is 18.2 Å². The summed E-state index contributed by atoms with van der Waals surface area (Å²) in [5.41, 5.74) is 7.52. The van der Waals surface area contributed by atoms with E-state index >= 15 is 0 Å². The largest absolute Gasteiger partial charge is 0.493 e. The number of ether oxygens (including phenoxy) is 3. The van der Waals surface area contributed by atoms with Crippen molar-refractivity contribution in [1.29, 1.82) is 0 Å². The molecule has 0 radical (unpaired) electrons. The second-order valence-electron chi connectivity index (χ2n) is 15.4. The fraction of sp³-hybridized carbons (Fsp3) is 0.591. The van der Waals surface area contributed by atoms with Crippen LogP contribution in [0.2, 0.25) is 5.02 Å². The Morgan fingerprint density at radius 2 is 1.67 bits per heavy atom. The van der Waals surface area contributed by atoms with Gasteiger partial charge in [-0.15, -0.1) is 0 Å². The van der Waals surface area contributed by atoms with Crippen molar-refractivity contribution in [1.82, 2.24) is 4.90 Å². The van der Waals surface area contributed by atoms with Crippen LogP contribution in [0.15, 0.2) is 48.5 Å². The molecule has 2 aliphatic carbocycles. The molecule has 5 atom stereocenters. The minimum absolute atomic E-state index is 0.0468. The number of nitrogens with zero attached hydrogens (tertiary/aromatic N) is 1. The molecule has 0 amide bonds. The number of piperidine rings is 1. The van der Waals surface area contributed by atoms with Crippen LogP contribution < -0.4 is 14.2 Å². The molecule has 1 saturated carbocycles. The Bertz CT molecular complexity index is 1540. The standard InChI is InChI=1S/C44H60ClNO3/c1-6-47-43-28-44(40(45)27-35(43)29-46-24-10-9-14-32(46)4)49-42-23-22-38-37(17-12-18-39(38)42)36-16-13-19-41(33(36)5)48-25-11-7-8-15-34-26-30(2)20-21-31(34)3/h12-13,16-19,27-28,30-32,34,42H,6-11,14-15,20-26,29H2,1-5H3/t30-,31-,32-,34?,42+/m1/s1. The predicted molar refractivity (Wildman–Crippen MR) is 204 cm³/mol. The van der Waals surface area contributed by atoms with Gasteiger partial charge in [-0.3, -0.25) is 4.90 Å². The van der Waals surface area contributed by atoms with Crippen molar-refractivity contribution < 1.29 is 14.2 Å². The van der Waals surface area contributed by atoms with Crippen LogP contribution in [-0.2, 0) is 13.0 Å². The molecule has 0 aromatic heterocycles. The Balaban J connectivity index is 1.10. The molecule has 5 heteroatoms. The van der Waals surface area contributed by atoms with Crippen LogP contribution in [-0.4, -0.2) is 30.7 Å². The summed E-state index contributed by atoms with van der Waals surface area (Å²) < 4.78 is 19.3. The number of rotatable bonds is 14. The van der Waals surface area contributed by atoms with Gasteiger partial charge in [0.1, 0.15) is 23.4 Å². The Kier molecular flexibility index (Phi) is 12.5. The third kappa shape index (κ3) is 8.79. The van der Waals surface area contributed by atoms with E-state index in [9.17, 15) is 0 Å². The van der Waals surface area contributed by atoms with E-state index in [1.54, 1.807) is 0 Å². The molecule has 3 aromatic rings. The SMILES string of the molecule is CCOc1cc(O[C@H]2CCc3c(-c4cccc(OCCCCCC5C[C@H](C)CC[C@H]5C)c4C)cccc32)c(Cl)cc1CN1CCCC[C@H]1C. The summed E-state index contributed by atoms with van der Waals surface area (Å²) in [6.45, 7) is 14.8. The van der Waals surface area contributed by atoms with Gasteiger partial charge in [0.2, 0.25) is 0 Å². The van der Waals surface area contributed by atoms with E-state index in [-0.39, 0.29) is 6.10 Å². The smallest absolute Gasteiger partial charge is 0.142 e. The fourth-order valence-electron chi connectivity index (χ4n) is 8.82. The van der Waals surface area contributed by atoms with Crippen molar-refractivity contribution in [2.45, 2.75) is 130 Å². The van der Waals surface area contributed by atoms with Crippen LogP contribution in [0.4, 0.5) is 0 Å². The maximum Gasteiger partial charge on any atom is 0.142 e. The van der Waals surface area contributed by atoms with E-state index in [0.717, 1.165) is 73.8 Å². The minimum Gasteiger partial charge on any atom is -0.493 e. The maximum atomic E-state index is 6.93. The first kappa shape index (κ1) is 36.1. The van der Waals surface area contributed by atoms with Gasteiger partial charge in [0.15, 0.2) is 0 Å². The monoisotopic (exact) mass is 685 g/mol. The van der Waals surface area contributed by atoms with Gasteiger partial charge in [-0.25, -0.2) is 0 Å². The quantitative estimate of drug-likeness (QED) is 0.158. The molecule has 4 nitrogen and oxygen atoms in total. The minimum atomic E-state index is -0.0468. The molecule has 0 N–H and O–H groups in total. The lowest BCUT2D eigenvalue weighted by molar-refractivity contribution is 0.150. The van der Waals surface area contributed by atoms with Crippen LogP contribution in [0.5, 0.6) is 17.2 Å². The van der Waals surface area contributed by atoms with Crippen molar-refractivity contribution in [2.75, 3.05) is 19.8 Å². The Morgan fingerprint density at radius 3 is 2.51 bits per heavy atom. The molecule has 0 bridgehead atoms. The van der Waals surface area contributed by atoms with Crippen molar-refractivity contribution >= 4 is 11.6 Å². The molecule has 1 heterocycles. The zero-order valence-corrected chi connectivity index (χ0v) is 31.6. The number of hydrogen-bond donors (Lipinski definition) is 0. The summed E-state index contributed by atoms with van der Waals surface area (Å²) in [7, 11) is 0. The topological polar surface area (TPSA) is 30.9 Å². The fourth-order valence-corrected chi connectivity index (χ4v) is 9.05. The molecule has 0 spiro atoms. The molecule has 3 aromatic carbocycles. The third-order valence-electron chi connectivity index (χ3n) is 11.9. The highest BCUT2D eigenvalue weighted by Crippen LogP contribution is 2.44. The average molecular weight is 686 g/mol. The highest BCUT2D eigenvalue weighted by atomic mass is 35.5. The molecule has 6 rings (SSSR count). The molecule has 49 heavy (non-hydrogen) atoms. The van der Waals surface area contributed by atoms with Gasteiger partial charge in [0.25, 0.3) is 0 Å². The van der Waals surface area contributed by atoms with Gasteiger partial charge < -0.3 is 14.2 Å². The van der Waals surface area contributed by atoms with E-state index < -0.39 is 0 Å². The van der Waals surface area contributed by atoms with Crippen LogP contribution in [0.1, 0.15) is 127 Å². The normalized spacial score (nSPS) is 24.1. The van der Waals surface area contributed by atoms with Crippen molar-refractivity contribution in [3.8, 4) is 28.4 Å². The number of halogens is 1. The highest BCUT2D eigenvalue weighted by molar-refractivity contribution is 6.32. The van der Waals surface area contributed by atoms with E-state index in [4.69, 9.17) is 25.8 Å². The van der Waals surface area contributed by atoms with E-state index in [0.29, 0.717) is 23.4 Å². The van der Waals surface area contributed by atoms with Crippen LogP contribution in [0, 0.1) is 24.7 Å². The summed E-state index contributed by atoms with van der Waals surface area (Å²) in [6.07, 6.45) is 15.0. The second-order valence-corrected chi connectivity index (χ2v) is 15.8. The van der Waals surface area contributed by atoms with Crippen LogP contribution >= 0.6 is 11.6 Å². The summed E-state index contributed by atoms with van der Waals surface area (Å²) >= 11 is 6.93. The number of unbranched alkanes of at least 4 members (excludes halogenated alkanes) is 2. The van der Waals surface area contributed by atoms with E-state index in [2.05, 4.69) is 75.1 Å². The number of likely N-dealkylation sites (tertiary alicyclic amines) is 1. The molecule has 1 aliphatic heterocycles. The predicted octanol–water partition coefficient (Wildman–Crippen LogP) is 12.2. The number of hydrogen-bond acceptors (Lipinski definition) is 4. The zero-order valence-electron chi connectivity index (χ0n) is 30.9. The molecule has 266 valence electrons. The summed E-state index contributed by atoms with van der Waals surface area (Å²) in [6, 6.07) is 17.9. The van der Waals surface area contributed by atoms with Gasteiger partial charge in [-0.1, -0.05) is 94.3 Å². The van der Waals surface area contributed by atoms with Crippen LogP contribution in [0.25, 0.3) is 11.1 Å². The average Bonchev–Trinajstić information content (AvgIpc) is 3.51. The lowest BCUT2D eigenvalue weighted by atomic mass is 9.73. The molecule has 1 unspecified atom stereocenters. The number of benzene rings is 3. The lowest BCUT2D eigenvalue weighted by Crippen LogP contribution is -2.36. The van der Waals surface area contributed by atoms with Gasteiger partial charge in [-0.05, 0) is 124 Å². The van der Waals surface area contributed by atoms with Crippen molar-refractivity contribution in [3.63, 3.8) is 0 Å². The summed E-state index contributed by atoms with van der Waals surface area (Å²) in [5.74, 6) is 5.32. The first-order chi connectivity index (χ1) is 23.8. The van der Waals surface area contributed by atoms with Gasteiger partial charge in [-0.2, -0.15) is 0 Å². The molecular formula is C44H60ClNO3. The third-order valence-corrected chi connectivity index (χ3v) is 12.2. The Morgan fingerprint density at radius 1 is 0.837 bits per heavy atom. The number of fused-ring (bicyclic) bond motifs is 1. The molecule has 2 fully saturated rings. The highest BCUT2D eigenvalue weighted by Gasteiger charge is 2.29. The first-order valence-corrected chi connectivity index (χ1v) is 19.9. The Labute approximate surface area is 301 Å². The Hall–Kier alpha value is -2.69. The van der Waals surface area contributed by atoms with E-state index in [1.807, 2.05) is 13.0 Å². The zero-order chi connectivity index (χ0) is 34.3. The van der Waals surface area contributed by atoms with Gasteiger partial charge in [0, 0.05) is 24.2 Å². The van der Waals surface area contributed by atoms with Crippen LogP contribution in [0.3, 0.4) is 0 Å². The van der Waals surface area contributed by atoms with Crippen molar-refractivity contribution in [3.05, 3.63) is 75.8 Å².